The zero-order valence-corrected chi connectivity index (χ0v) is 13.2. The van der Waals surface area contributed by atoms with Crippen molar-refractivity contribution >= 4 is 5.82 Å². The zero-order valence-electron chi connectivity index (χ0n) is 13.2. The summed E-state index contributed by atoms with van der Waals surface area (Å²) in [5.41, 5.74) is 1.88. The van der Waals surface area contributed by atoms with E-state index < -0.39 is 0 Å². The largest absolute Gasteiger partial charge is 0.489 e. The van der Waals surface area contributed by atoms with Gasteiger partial charge in [-0.05, 0) is 37.9 Å². The fourth-order valence-electron chi connectivity index (χ4n) is 2.70. The van der Waals surface area contributed by atoms with Crippen molar-refractivity contribution in [1.82, 2.24) is 19.9 Å². The number of aryl methyl sites for hydroxylation is 1. The first-order chi connectivity index (χ1) is 10.8. The maximum Gasteiger partial charge on any atom is 0.168 e. The average Bonchev–Trinajstić information content (AvgIpc) is 3.00. The minimum absolute atomic E-state index is 0.615. The minimum atomic E-state index is 0.615. The van der Waals surface area contributed by atoms with Gasteiger partial charge in [-0.3, -0.25) is 0 Å². The van der Waals surface area contributed by atoms with Gasteiger partial charge in [0.2, 0.25) is 0 Å². The molecular weight excluding hydrogens is 278 g/mol. The summed E-state index contributed by atoms with van der Waals surface area (Å²) < 4.78 is 7.98. The second kappa shape index (κ2) is 6.79. The van der Waals surface area contributed by atoms with Gasteiger partial charge >= 0.3 is 0 Å². The third-order valence-electron chi connectivity index (χ3n) is 4.02. The van der Waals surface area contributed by atoms with Gasteiger partial charge in [0.25, 0.3) is 0 Å². The molecule has 0 radical (unpaired) electrons. The van der Waals surface area contributed by atoms with Gasteiger partial charge in [-0.2, -0.15) is 0 Å². The molecule has 118 valence electrons. The van der Waals surface area contributed by atoms with E-state index in [4.69, 9.17) is 4.74 Å². The molecule has 2 aromatic heterocycles. The monoisotopic (exact) mass is 301 g/mol. The fourth-order valence-corrected chi connectivity index (χ4v) is 2.70. The van der Waals surface area contributed by atoms with E-state index in [2.05, 4.69) is 20.6 Å². The predicted octanol–water partition coefficient (Wildman–Crippen LogP) is 1.90. The van der Waals surface area contributed by atoms with Crippen LogP contribution in [0.15, 0.2) is 24.8 Å². The smallest absolute Gasteiger partial charge is 0.168 e. The van der Waals surface area contributed by atoms with Crippen LogP contribution in [0.2, 0.25) is 0 Å². The van der Waals surface area contributed by atoms with Crippen LogP contribution in [-0.2, 0) is 7.05 Å². The van der Waals surface area contributed by atoms with E-state index in [-0.39, 0.29) is 0 Å². The molecule has 22 heavy (non-hydrogen) atoms. The molecule has 0 unspecified atom stereocenters. The van der Waals surface area contributed by atoms with E-state index in [1.807, 2.05) is 37.1 Å². The molecule has 0 amide bonds. The molecule has 0 atom stereocenters. The molecule has 0 aromatic carbocycles. The summed E-state index contributed by atoms with van der Waals surface area (Å²) in [6.07, 6.45) is 7.93. The van der Waals surface area contributed by atoms with E-state index in [0.29, 0.717) is 5.92 Å². The highest BCUT2D eigenvalue weighted by molar-refractivity contribution is 5.64. The maximum atomic E-state index is 6.05. The molecule has 0 aliphatic carbocycles. The molecule has 6 nitrogen and oxygen atoms in total. The van der Waals surface area contributed by atoms with Gasteiger partial charge in [-0.1, -0.05) is 0 Å². The van der Waals surface area contributed by atoms with Crippen molar-refractivity contribution in [3.05, 3.63) is 24.8 Å². The molecule has 0 saturated carbocycles. The summed E-state index contributed by atoms with van der Waals surface area (Å²) in [6.45, 7) is 2.90. The first-order valence-corrected chi connectivity index (χ1v) is 7.76. The van der Waals surface area contributed by atoms with Crippen molar-refractivity contribution in [3.63, 3.8) is 0 Å². The van der Waals surface area contributed by atoms with E-state index in [9.17, 15) is 0 Å². The Labute approximate surface area is 130 Å². The zero-order chi connectivity index (χ0) is 15.4. The number of pyridine rings is 1. The van der Waals surface area contributed by atoms with Crippen molar-refractivity contribution in [2.45, 2.75) is 12.8 Å². The van der Waals surface area contributed by atoms with Gasteiger partial charge in [-0.25, -0.2) is 9.97 Å². The quantitative estimate of drug-likeness (QED) is 0.883. The number of hydrogen-bond acceptors (Lipinski definition) is 5. The van der Waals surface area contributed by atoms with E-state index in [1.165, 1.54) is 12.8 Å². The number of aromatic nitrogens is 3. The number of hydrogen-bond donors (Lipinski definition) is 2. The van der Waals surface area contributed by atoms with Crippen LogP contribution in [0.4, 0.5) is 5.82 Å². The van der Waals surface area contributed by atoms with E-state index in [1.54, 1.807) is 6.33 Å². The number of ether oxygens (including phenoxy) is 1. The highest BCUT2D eigenvalue weighted by Gasteiger charge is 2.15. The van der Waals surface area contributed by atoms with Gasteiger partial charge in [0.15, 0.2) is 11.6 Å². The molecule has 0 spiro atoms. The molecule has 1 aliphatic rings. The molecular formula is C16H23N5O. The van der Waals surface area contributed by atoms with Gasteiger partial charge in [-0.15, -0.1) is 0 Å². The van der Waals surface area contributed by atoms with Crippen molar-refractivity contribution in [2.24, 2.45) is 13.0 Å². The molecule has 1 aliphatic heterocycles. The number of nitrogens with one attached hydrogen (secondary N) is 2. The molecule has 3 heterocycles. The summed E-state index contributed by atoms with van der Waals surface area (Å²) >= 11 is 0. The molecule has 2 N–H and O–H groups in total. The molecule has 6 heteroatoms. The number of imidazole rings is 1. The van der Waals surface area contributed by atoms with Crippen LogP contribution in [0.25, 0.3) is 11.3 Å². The fraction of sp³-hybridized carbons (Fsp3) is 0.500. The lowest BCUT2D eigenvalue weighted by molar-refractivity contribution is 0.215. The third-order valence-corrected chi connectivity index (χ3v) is 4.02. The van der Waals surface area contributed by atoms with Gasteiger partial charge in [0.1, 0.15) is 0 Å². The van der Waals surface area contributed by atoms with Crippen LogP contribution in [0.1, 0.15) is 12.8 Å². The summed E-state index contributed by atoms with van der Waals surface area (Å²) in [5.74, 6) is 2.18. The Morgan fingerprint density at radius 1 is 1.36 bits per heavy atom. The van der Waals surface area contributed by atoms with Crippen LogP contribution < -0.4 is 15.4 Å². The summed E-state index contributed by atoms with van der Waals surface area (Å²) in [6, 6.07) is 2.02. The lowest BCUT2D eigenvalue weighted by Crippen LogP contribution is -2.30. The lowest BCUT2D eigenvalue weighted by Gasteiger charge is -2.23. The van der Waals surface area contributed by atoms with Crippen LogP contribution >= 0.6 is 0 Å². The number of rotatable bonds is 5. The van der Waals surface area contributed by atoms with E-state index >= 15 is 0 Å². The summed E-state index contributed by atoms with van der Waals surface area (Å²) in [4.78, 5) is 8.82. The summed E-state index contributed by atoms with van der Waals surface area (Å²) in [5, 5.41) is 6.47. The number of nitrogens with zero attached hydrogens (tertiary/aromatic N) is 3. The predicted molar refractivity (Wildman–Crippen MR) is 87.1 cm³/mol. The standard InChI is InChI=1S/C16H23N5O/c1-17-16-15(22-10-12-3-5-18-6-4-12)7-13(8-19-16)14-9-21(2)11-20-14/h7-9,11-12,18H,3-6,10H2,1-2H3,(H,17,19). The van der Waals surface area contributed by atoms with Crippen LogP contribution in [-0.4, -0.2) is 41.3 Å². The maximum absolute atomic E-state index is 6.05. The van der Waals surface area contributed by atoms with Gasteiger partial charge in [0.05, 0.1) is 18.6 Å². The number of anilines is 1. The Balaban J connectivity index is 1.75. The molecule has 1 fully saturated rings. The number of piperidine rings is 1. The Hall–Kier alpha value is -2.08. The Kier molecular flexibility index (Phi) is 4.58. The molecule has 0 bridgehead atoms. The molecule has 1 saturated heterocycles. The highest BCUT2D eigenvalue weighted by Crippen LogP contribution is 2.28. The van der Waals surface area contributed by atoms with Gasteiger partial charge in [0, 0.05) is 32.1 Å². The van der Waals surface area contributed by atoms with Crippen molar-refractivity contribution < 1.29 is 4.74 Å². The van der Waals surface area contributed by atoms with Crippen molar-refractivity contribution in [1.29, 1.82) is 0 Å². The van der Waals surface area contributed by atoms with Crippen molar-refractivity contribution in [2.75, 3.05) is 32.1 Å². The second-order valence-electron chi connectivity index (χ2n) is 5.75. The topological polar surface area (TPSA) is 64.0 Å². The van der Waals surface area contributed by atoms with E-state index in [0.717, 1.165) is 42.5 Å². The van der Waals surface area contributed by atoms with Gasteiger partial charge < -0.3 is 19.9 Å². The van der Waals surface area contributed by atoms with Crippen LogP contribution in [0.3, 0.4) is 0 Å². The normalized spacial score (nSPS) is 15.7. The first-order valence-electron chi connectivity index (χ1n) is 7.76. The van der Waals surface area contributed by atoms with Crippen LogP contribution in [0.5, 0.6) is 5.75 Å². The van der Waals surface area contributed by atoms with Crippen LogP contribution in [0, 0.1) is 5.92 Å². The second-order valence-corrected chi connectivity index (χ2v) is 5.75. The molecule has 3 rings (SSSR count). The Bertz CT molecular complexity index is 619. The SMILES string of the molecule is CNc1ncc(-c2cn(C)cn2)cc1OCC1CCNCC1. The molecule has 2 aromatic rings. The highest BCUT2D eigenvalue weighted by atomic mass is 16.5. The van der Waals surface area contributed by atoms with Crippen molar-refractivity contribution in [3.8, 4) is 17.0 Å². The first kappa shape index (κ1) is 14.8. The Morgan fingerprint density at radius 2 is 2.18 bits per heavy atom. The third kappa shape index (κ3) is 3.39. The lowest BCUT2D eigenvalue weighted by atomic mass is 9.99. The summed E-state index contributed by atoms with van der Waals surface area (Å²) in [7, 11) is 3.82. The minimum Gasteiger partial charge on any atom is -0.489 e. The average molecular weight is 301 g/mol. The Morgan fingerprint density at radius 3 is 2.86 bits per heavy atom.